The molecule has 1 aromatic carbocycles. The van der Waals surface area contributed by atoms with Gasteiger partial charge in [-0.15, -0.1) is 0 Å². The van der Waals surface area contributed by atoms with Crippen molar-refractivity contribution in [3.8, 4) is 0 Å². The standard InChI is InChI=1S/C15H22N2O3/c1-16-7-9-17(10-8-16)14(15(18)19)13-5-3-12(4-6-13)11-20-2/h3-6,14H,7-11H2,1-2H3,(H,18,19). The monoisotopic (exact) mass is 278 g/mol. The van der Waals surface area contributed by atoms with Gasteiger partial charge in [0, 0.05) is 33.3 Å². The van der Waals surface area contributed by atoms with Gasteiger partial charge in [-0.05, 0) is 18.2 Å². The van der Waals surface area contributed by atoms with E-state index < -0.39 is 12.0 Å². The fraction of sp³-hybridized carbons (Fsp3) is 0.533. The summed E-state index contributed by atoms with van der Waals surface area (Å²) in [6.45, 7) is 3.93. The maximum absolute atomic E-state index is 11.6. The number of carbonyl (C=O) groups is 1. The number of aliphatic carboxylic acids is 1. The Kier molecular flexibility index (Phi) is 5.11. The Morgan fingerprint density at radius 2 is 1.85 bits per heavy atom. The molecule has 0 amide bonds. The Hall–Kier alpha value is -1.43. The van der Waals surface area contributed by atoms with Crippen LogP contribution in [-0.2, 0) is 16.1 Å². The van der Waals surface area contributed by atoms with Gasteiger partial charge in [-0.1, -0.05) is 24.3 Å². The minimum atomic E-state index is -0.783. The number of nitrogens with zero attached hydrogens (tertiary/aromatic N) is 2. The second kappa shape index (κ2) is 6.83. The third-order valence-electron chi connectivity index (χ3n) is 3.74. The van der Waals surface area contributed by atoms with E-state index in [0.717, 1.165) is 37.3 Å². The number of ether oxygens (including phenoxy) is 1. The fourth-order valence-corrected chi connectivity index (χ4v) is 2.55. The zero-order valence-electron chi connectivity index (χ0n) is 12.1. The van der Waals surface area contributed by atoms with Crippen LogP contribution in [0.4, 0.5) is 0 Å². The van der Waals surface area contributed by atoms with Gasteiger partial charge in [-0.2, -0.15) is 0 Å². The number of benzene rings is 1. The molecule has 5 heteroatoms. The molecular formula is C15H22N2O3. The summed E-state index contributed by atoms with van der Waals surface area (Å²) >= 11 is 0. The Bertz CT molecular complexity index is 439. The number of hydrogen-bond donors (Lipinski definition) is 1. The molecule has 1 heterocycles. The van der Waals surface area contributed by atoms with Crippen LogP contribution < -0.4 is 0 Å². The summed E-state index contributed by atoms with van der Waals surface area (Å²) in [6, 6.07) is 7.10. The van der Waals surface area contributed by atoms with Crippen molar-refractivity contribution in [1.82, 2.24) is 9.80 Å². The van der Waals surface area contributed by atoms with Gasteiger partial charge in [-0.25, -0.2) is 0 Å². The minimum absolute atomic E-state index is 0.548. The highest BCUT2D eigenvalue weighted by molar-refractivity contribution is 5.75. The van der Waals surface area contributed by atoms with Gasteiger partial charge in [0.25, 0.3) is 0 Å². The van der Waals surface area contributed by atoms with E-state index >= 15 is 0 Å². The van der Waals surface area contributed by atoms with Crippen molar-refractivity contribution >= 4 is 5.97 Å². The van der Waals surface area contributed by atoms with Crippen molar-refractivity contribution in [2.75, 3.05) is 40.3 Å². The van der Waals surface area contributed by atoms with Gasteiger partial charge in [0.15, 0.2) is 0 Å². The molecule has 1 atom stereocenters. The number of hydrogen-bond acceptors (Lipinski definition) is 4. The molecular weight excluding hydrogens is 256 g/mol. The van der Waals surface area contributed by atoms with Crippen LogP contribution in [0.15, 0.2) is 24.3 Å². The van der Waals surface area contributed by atoms with Crippen molar-refractivity contribution in [2.45, 2.75) is 12.6 Å². The second-order valence-corrected chi connectivity index (χ2v) is 5.25. The second-order valence-electron chi connectivity index (χ2n) is 5.25. The van der Waals surface area contributed by atoms with Gasteiger partial charge in [-0.3, -0.25) is 9.69 Å². The molecule has 1 fully saturated rings. The lowest BCUT2D eigenvalue weighted by atomic mass is 10.0. The topological polar surface area (TPSA) is 53.0 Å². The summed E-state index contributed by atoms with van der Waals surface area (Å²) < 4.78 is 5.07. The van der Waals surface area contributed by atoms with E-state index in [1.54, 1.807) is 7.11 Å². The molecule has 1 saturated heterocycles. The molecule has 2 rings (SSSR count). The molecule has 110 valence electrons. The zero-order valence-corrected chi connectivity index (χ0v) is 12.1. The molecule has 1 aromatic rings. The zero-order chi connectivity index (χ0) is 14.5. The Morgan fingerprint density at radius 1 is 1.25 bits per heavy atom. The normalized spacial score (nSPS) is 18.9. The van der Waals surface area contributed by atoms with Gasteiger partial charge in [0.2, 0.25) is 0 Å². The first-order valence-corrected chi connectivity index (χ1v) is 6.85. The van der Waals surface area contributed by atoms with Crippen LogP contribution in [0.2, 0.25) is 0 Å². The van der Waals surface area contributed by atoms with Crippen LogP contribution in [0.3, 0.4) is 0 Å². The molecule has 0 spiro atoms. The summed E-state index contributed by atoms with van der Waals surface area (Å²) in [5, 5.41) is 9.54. The number of likely N-dealkylation sites (N-methyl/N-ethyl adjacent to an activating group) is 1. The summed E-state index contributed by atoms with van der Waals surface area (Å²) in [6.07, 6.45) is 0. The highest BCUT2D eigenvalue weighted by atomic mass is 16.5. The smallest absolute Gasteiger partial charge is 0.325 e. The maximum atomic E-state index is 11.6. The van der Waals surface area contributed by atoms with Crippen LogP contribution in [0.5, 0.6) is 0 Å². The fourth-order valence-electron chi connectivity index (χ4n) is 2.55. The molecule has 5 nitrogen and oxygen atoms in total. The molecule has 0 aliphatic carbocycles. The van der Waals surface area contributed by atoms with E-state index in [1.165, 1.54) is 0 Å². The number of carboxylic acids is 1. The first-order chi connectivity index (χ1) is 9.61. The Labute approximate surface area is 119 Å². The van der Waals surface area contributed by atoms with Crippen molar-refractivity contribution < 1.29 is 14.6 Å². The molecule has 0 saturated carbocycles. The summed E-state index contributed by atoms with van der Waals surface area (Å²) in [5.41, 5.74) is 1.89. The minimum Gasteiger partial charge on any atom is -0.480 e. The van der Waals surface area contributed by atoms with Crippen LogP contribution >= 0.6 is 0 Å². The van der Waals surface area contributed by atoms with Crippen LogP contribution in [0, 0.1) is 0 Å². The van der Waals surface area contributed by atoms with Crippen molar-refractivity contribution in [2.24, 2.45) is 0 Å². The van der Waals surface area contributed by atoms with E-state index in [4.69, 9.17) is 4.74 Å². The number of rotatable bonds is 5. The average molecular weight is 278 g/mol. The first-order valence-electron chi connectivity index (χ1n) is 6.85. The molecule has 1 aliphatic heterocycles. The lowest BCUT2D eigenvalue weighted by Crippen LogP contribution is -2.47. The highest BCUT2D eigenvalue weighted by Gasteiger charge is 2.29. The predicted octanol–water partition coefficient (Wildman–Crippen LogP) is 1.21. The molecule has 0 aromatic heterocycles. The van der Waals surface area contributed by atoms with Gasteiger partial charge < -0.3 is 14.7 Å². The molecule has 20 heavy (non-hydrogen) atoms. The SMILES string of the molecule is COCc1ccc(C(C(=O)O)N2CCN(C)CC2)cc1. The lowest BCUT2D eigenvalue weighted by Gasteiger charge is -2.36. The summed E-state index contributed by atoms with van der Waals surface area (Å²) in [7, 11) is 3.71. The van der Waals surface area contributed by atoms with Gasteiger partial charge in [0.1, 0.15) is 6.04 Å². The van der Waals surface area contributed by atoms with Crippen LogP contribution in [0.1, 0.15) is 17.2 Å². The molecule has 1 aliphatic rings. The molecule has 1 N–H and O–H groups in total. The van der Waals surface area contributed by atoms with E-state index in [-0.39, 0.29) is 0 Å². The van der Waals surface area contributed by atoms with Crippen molar-refractivity contribution in [1.29, 1.82) is 0 Å². The maximum Gasteiger partial charge on any atom is 0.325 e. The van der Waals surface area contributed by atoms with E-state index in [9.17, 15) is 9.90 Å². The van der Waals surface area contributed by atoms with Gasteiger partial charge in [0.05, 0.1) is 6.61 Å². The molecule has 0 radical (unpaired) electrons. The average Bonchev–Trinajstić information content (AvgIpc) is 2.43. The summed E-state index contributed by atoms with van der Waals surface area (Å²) in [5.74, 6) is -0.783. The number of piperazine rings is 1. The van der Waals surface area contributed by atoms with E-state index in [2.05, 4.69) is 11.9 Å². The third-order valence-corrected chi connectivity index (χ3v) is 3.74. The van der Waals surface area contributed by atoms with Crippen LogP contribution in [0.25, 0.3) is 0 Å². The summed E-state index contributed by atoms with van der Waals surface area (Å²) in [4.78, 5) is 15.9. The van der Waals surface area contributed by atoms with Crippen LogP contribution in [-0.4, -0.2) is 61.2 Å². The number of methoxy groups -OCH3 is 1. The predicted molar refractivity (Wildman–Crippen MR) is 76.6 cm³/mol. The Balaban J connectivity index is 2.13. The largest absolute Gasteiger partial charge is 0.480 e. The molecule has 0 bridgehead atoms. The first kappa shape index (κ1) is 15.0. The lowest BCUT2D eigenvalue weighted by molar-refractivity contribution is -0.144. The van der Waals surface area contributed by atoms with Crippen molar-refractivity contribution in [3.05, 3.63) is 35.4 Å². The van der Waals surface area contributed by atoms with Crippen molar-refractivity contribution in [3.63, 3.8) is 0 Å². The van der Waals surface area contributed by atoms with E-state index in [1.807, 2.05) is 29.2 Å². The highest BCUT2D eigenvalue weighted by Crippen LogP contribution is 2.23. The third kappa shape index (κ3) is 3.56. The number of carboxylic acid groups (broad SMARTS) is 1. The van der Waals surface area contributed by atoms with Gasteiger partial charge >= 0.3 is 5.97 Å². The Morgan fingerprint density at radius 3 is 2.35 bits per heavy atom. The van der Waals surface area contributed by atoms with E-state index in [0.29, 0.717) is 6.61 Å². The quantitative estimate of drug-likeness (QED) is 0.877. The molecule has 1 unspecified atom stereocenters.